The normalized spacial score (nSPS) is 17.6. The van der Waals surface area contributed by atoms with Crippen LogP contribution in [0.1, 0.15) is 28.8 Å². The third-order valence-corrected chi connectivity index (χ3v) is 3.82. The Bertz CT molecular complexity index is 494. The van der Waals surface area contributed by atoms with Crippen LogP contribution in [0.15, 0.2) is 24.3 Å². The van der Waals surface area contributed by atoms with Crippen LogP contribution in [0.5, 0.6) is 0 Å². The van der Waals surface area contributed by atoms with Crippen molar-refractivity contribution in [3.63, 3.8) is 0 Å². The monoisotopic (exact) mass is 315 g/mol. The van der Waals surface area contributed by atoms with Gasteiger partial charge in [0.2, 0.25) is 5.91 Å². The molecule has 0 radical (unpaired) electrons. The number of nitrogens with two attached hydrogens (primary N) is 1. The lowest BCUT2D eigenvalue weighted by molar-refractivity contribution is -0.148. The summed E-state index contributed by atoms with van der Waals surface area (Å²) in [6, 6.07) is 7.22. The lowest BCUT2D eigenvalue weighted by Gasteiger charge is -2.32. The van der Waals surface area contributed by atoms with Crippen LogP contribution in [0.2, 0.25) is 0 Å². The number of likely N-dealkylation sites (tertiary alicyclic amines) is 1. The highest BCUT2D eigenvalue weighted by molar-refractivity contribution is 5.92. The van der Waals surface area contributed by atoms with E-state index >= 15 is 0 Å². The zero-order valence-electron chi connectivity index (χ0n) is 12.2. The van der Waals surface area contributed by atoms with E-state index in [0.29, 0.717) is 38.0 Å². The second-order valence-electron chi connectivity index (χ2n) is 5.61. The lowest BCUT2D eigenvalue weighted by Crippen LogP contribution is -2.45. The molecule has 0 spiro atoms. The van der Waals surface area contributed by atoms with E-state index in [9.17, 15) is 18.0 Å². The first-order chi connectivity index (χ1) is 10.3. The molecule has 1 aliphatic rings. The first-order valence-electron chi connectivity index (χ1n) is 7.25. The molecule has 1 aromatic carbocycles. The van der Waals surface area contributed by atoms with Gasteiger partial charge in [-0.25, -0.2) is 0 Å². The Morgan fingerprint density at radius 3 is 2.32 bits per heavy atom. The van der Waals surface area contributed by atoms with E-state index in [4.69, 9.17) is 5.73 Å². The molecule has 1 fully saturated rings. The van der Waals surface area contributed by atoms with Crippen LogP contribution in [0.25, 0.3) is 0 Å². The fourth-order valence-corrected chi connectivity index (χ4v) is 2.60. The Hall–Kier alpha value is -1.60. The predicted molar refractivity (Wildman–Crippen MR) is 77.3 cm³/mol. The lowest BCUT2D eigenvalue weighted by atomic mass is 10.0. The SMILES string of the molecule is NC(=O)c1ccc(CNC2CCN(CC(F)(F)F)CC2)cc1. The van der Waals surface area contributed by atoms with E-state index in [2.05, 4.69) is 5.32 Å². The fraction of sp³-hybridized carbons (Fsp3) is 0.533. The number of carbonyl (C=O) groups is 1. The molecule has 4 nitrogen and oxygen atoms in total. The smallest absolute Gasteiger partial charge is 0.366 e. The number of primary amides is 1. The number of rotatable bonds is 5. The second-order valence-corrected chi connectivity index (χ2v) is 5.61. The molecule has 0 bridgehead atoms. The van der Waals surface area contributed by atoms with Crippen LogP contribution in [0.4, 0.5) is 13.2 Å². The van der Waals surface area contributed by atoms with E-state index in [-0.39, 0.29) is 6.04 Å². The molecule has 1 aromatic rings. The highest BCUT2D eigenvalue weighted by Gasteiger charge is 2.32. The maximum Gasteiger partial charge on any atom is 0.401 e. The third kappa shape index (κ3) is 5.31. The highest BCUT2D eigenvalue weighted by Crippen LogP contribution is 2.20. The summed E-state index contributed by atoms with van der Waals surface area (Å²) in [5, 5.41) is 3.35. The Kier molecular flexibility index (Phi) is 5.42. The van der Waals surface area contributed by atoms with Gasteiger partial charge < -0.3 is 11.1 Å². The van der Waals surface area contributed by atoms with E-state index < -0.39 is 18.6 Å². The zero-order valence-corrected chi connectivity index (χ0v) is 12.2. The maximum atomic E-state index is 12.3. The second kappa shape index (κ2) is 7.11. The largest absolute Gasteiger partial charge is 0.401 e. The van der Waals surface area contributed by atoms with Gasteiger partial charge in [-0.05, 0) is 43.6 Å². The summed E-state index contributed by atoms with van der Waals surface area (Å²) in [6.45, 7) is 0.715. The van der Waals surface area contributed by atoms with Crippen LogP contribution in [0, 0.1) is 0 Å². The minimum Gasteiger partial charge on any atom is -0.366 e. The first kappa shape index (κ1) is 16.8. The van der Waals surface area contributed by atoms with Gasteiger partial charge in [0, 0.05) is 18.2 Å². The highest BCUT2D eigenvalue weighted by atomic mass is 19.4. The first-order valence-corrected chi connectivity index (χ1v) is 7.25. The fourth-order valence-electron chi connectivity index (χ4n) is 2.60. The molecule has 0 unspecified atom stereocenters. The van der Waals surface area contributed by atoms with Gasteiger partial charge in [0.15, 0.2) is 0 Å². The van der Waals surface area contributed by atoms with Crippen LogP contribution in [0.3, 0.4) is 0 Å². The van der Waals surface area contributed by atoms with Gasteiger partial charge in [-0.15, -0.1) is 0 Å². The van der Waals surface area contributed by atoms with E-state index in [1.807, 2.05) is 12.1 Å². The molecular formula is C15H20F3N3O. The van der Waals surface area contributed by atoms with Crippen molar-refractivity contribution in [3.05, 3.63) is 35.4 Å². The van der Waals surface area contributed by atoms with Crippen LogP contribution >= 0.6 is 0 Å². The van der Waals surface area contributed by atoms with Gasteiger partial charge >= 0.3 is 6.18 Å². The summed E-state index contributed by atoms with van der Waals surface area (Å²) in [5.74, 6) is -0.462. The number of benzene rings is 1. The summed E-state index contributed by atoms with van der Waals surface area (Å²) in [5.41, 5.74) is 6.65. The van der Waals surface area contributed by atoms with E-state index in [1.54, 1.807) is 12.1 Å². The molecular weight excluding hydrogens is 295 g/mol. The van der Waals surface area contributed by atoms with Gasteiger partial charge in [-0.1, -0.05) is 12.1 Å². The van der Waals surface area contributed by atoms with Gasteiger partial charge in [-0.3, -0.25) is 9.69 Å². The van der Waals surface area contributed by atoms with E-state index in [1.165, 1.54) is 4.90 Å². The molecule has 7 heteroatoms. The molecule has 0 saturated carbocycles. The number of amides is 1. The zero-order chi connectivity index (χ0) is 16.2. The van der Waals surface area contributed by atoms with Crippen molar-refractivity contribution in [3.8, 4) is 0 Å². The average Bonchev–Trinajstić information content (AvgIpc) is 2.45. The predicted octanol–water partition coefficient (Wildman–Crippen LogP) is 1.90. The Morgan fingerprint density at radius 1 is 1.23 bits per heavy atom. The number of carbonyl (C=O) groups excluding carboxylic acids is 1. The molecule has 1 amide bonds. The van der Waals surface area contributed by atoms with Crippen molar-refractivity contribution in [2.75, 3.05) is 19.6 Å². The Morgan fingerprint density at radius 2 is 1.82 bits per heavy atom. The van der Waals surface area contributed by atoms with Crippen molar-refractivity contribution in [1.82, 2.24) is 10.2 Å². The third-order valence-electron chi connectivity index (χ3n) is 3.82. The molecule has 3 N–H and O–H groups in total. The number of hydrogen-bond acceptors (Lipinski definition) is 3. The maximum absolute atomic E-state index is 12.3. The van der Waals surface area contributed by atoms with Crippen LogP contribution < -0.4 is 11.1 Å². The Labute approximate surface area is 127 Å². The Balaban J connectivity index is 1.73. The van der Waals surface area contributed by atoms with Crippen molar-refractivity contribution in [1.29, 1.82) is 0 Å². The quantitative estimate of drug-likeness (QED) is 0.872. The number of halogens is 3. The number of nitrogens with zero attached hydrogens (tertiary/aromatic N) is 1. The van der Waals surface area contributed by atoms with Crippen LogP contribution in [-0.4, -0.2) is 42.7 Å². The van der Waals surface area contributed by atoms with Gasteiger partial charge in [-0.2, -0.15) is 13.2 Å². The summed E-state index contributed by atoms with van der Waals surface area (Å²) in [6.07, 6.45) is -2.71. The van der Waals surface area contributed by atoms with Gasteiger partial charge in [0.25, 0.3) is 0 Å². The molecule has 1 saturated heterocycles. The van der Waals surface area contributed by atoms with E-state index in [0.717, 1.165) is 5.56 Å². The van der Waals surface area contributed by atoms with Crippen molar-refractivity contribution >= 4 is 5.91 Å². The molecule has 1 heterocycles. The average molecular weight is 315 g/mol. The summed E-state index contributed by atoms with van der Waals surface area (Å²) in [7, 11) is 0. The van der Waals surface area contributed by atoms with Crippen molar-refractivity contribution in [2.45, 2.75) is 31.6 Å². The number of hydrogen-bond donors (Lipinski definition) is 2. The van der Waals surface area contributed by atoms with Gasteiger partial charge in [0.05, 0.1) is 6.54 Å². The van der Waals surface area contributed by atoms with Gasteiger partial charge in [0.1, 0.15) is 0 Å². The molecule has 0 aromatic heterocycles. The minimum absolute atomic E-state index is 0.223. The number of piperidine rings is 1. The molecule has 2 rings (SSSR count). The summed E-state index contributed by atoms with van der Waals surface area (Å²) >= 11 is 0. The molecule has 22 heavy (non-hydrogen) atoms. The van der Waals surface area contributed by atoms with Crippen LogP contribution in [-0.2, 0) is 6.54 Å². The molecule has 0 aliphatic carbocycles. The number of nitrogens with one attached hydrogen (secondary N) is 1. The molecule has 122 valence electrons. The minimum atomic E-state index is -4.12. The summed E-state index contributed by atoms with van der Waals surface area (Å²) in [4.78, 5) is 12.4. The molecule has 1 aliphatic heterocycles. The van der Waals surface area contributed by atoms with Crippen molar-refractivity contribution in [2.24, 2.45) is 5.73 Å². The standard InChI is InChI=1S/C15H20F3N3O/c16-15(17,18)10-21-7-5-13(6-8-21)20-9-11-1-3-12(4-2-11)14(19)22/h1-4,13,20H,5-10H2,(H2,19,22). The van der Waals surface area contributed by atoms with Crippen molar-refractivity contribution < 1.29 is 18.0 Å². The topological polar surface area (TPSA) is 58.4 Å². The number of alkyl halides is 3. The molecule has 0 atom stereocenters. The summed E-state index contributed by atoms with van der Waals surface area (Å²) < 4.78 is 36.9.